The molecule has 0 spiro atoms. The summed E-state index contributed by atoms with van der Waals surface area (Å²) >= 11 is 12.8. The number of carbonyl (C=O) groups excluding carboxylic acids is 1. The number of anilines is 1. The molecule has 160 valence electrons. The van der Waals surface area contributed by atoms with Crippen LogP contribution >= 0.6 is 23.2 Å². The van der Waals surface area contributed by atoms with Gasteiger partial charge >= 0.3 is 6.03 Å². The van der Waals surface area contributed by atoms with Crippen molar-refractivity contribution in [3.05, 3.63) is 63.1 Å². The van der Waals surface area contributed by atoms with Crippen LogP contribution in [0.25, 0.3) is 0 Å². The van der Waals surface area contributed by atoms with Gasteiger partial charge in [-0.15, -0.1) is 0 Å². The predicted octanol–water partition coefficient (Wildman–Crippen LogP) is 4.74. The number of rotatable bonds is 2. The maximum absolute atomic E-state index is 12.7. The monoisotopic (exact) mass is 446 g/mol. The van der Waals surface area contributed by atoms with E-state index in [0.29, 0.717) is 5.02 Å². The van der Waals surface area contributed by atoms with Crippen LogP contribution < -0.4 is 5.32 Å². The highest BCUT2D eigenvalue weighted by molar-refractivity contribution is 6.35. The lowest BCUT2D eigenvalue weighted by Gasteiger charge is -2.38. The van der Waals surface area contributed by atoms with Gasteiger partial charge in [0.1, 0.15) is 0 Å². The number of halogens is 2. The Bertz CT molecular complexity index is 934. The Hall–Kier alpha value is -1.79. The van der Waals surface area contributed by atoms with Crippen LogP contribution in [0.15, 0.2) is 36.4 Å². The lowest BCUT2D eigenvalue weighted by atomic mass is 9.85. The number of hydrogen-bond donors (Lipinski definition) is 1. The van der Waals surface area contributed by atoms with E-state index >= 15 is 0 Å². The predicted molar refractivity (Wildman–Crippen MR) is 124 cm³/mol. The lowest BCUT2D eigenvalue weighted by Crippen LogP contribution is -2.53. The normalized spacial score (nSPS) is 22.6. The molecule has 2 aliphatic heterocycles. The van der Waals surface area contributed by atoms with Gasteiger partial charge in [0.25, 0.3) is 0 Å². The standard InChI is InChI=1S/C23H28Cl2N4O/c1-15-12-27(2)8-9-29(15)23(30)26-18-6-4-16(5-7-18)20-13-28(3)14-21-19(20)10-17(24)11-22(21)25/h4-7,10-11,15,20H,8-9,12-14H2,1-3H3,(H,26,30). The van der Waals surface area contributed by atoms with E-state index in [2.05, 4.69) is 48.3 Å². The SMILES string of the molecule is CC1CN(C)CCN1C(=O)Nc1ccc(C2CN(C)Cc3c(Cl)cc(Cl)cc32)cc1. The van der Waals surface area contributed by atoms with Crippen LogP contribution in [0.1, 0.15) is 29.5 Å². The minimum atomic E-state index is -0.0374. The zero-order chi connectivity index (χ0) is 21.4. The Morgan fingerprint density at radius 2 is 1.77 bits per heavy atom. The summed E-state index contributed by atoms with van der Waals surface area (Å²) in [5.74, 6) is 0.192. The number of amides is 2. The molecule has 2 unspecified atom stereocenters. The number of fused-ring (bicyclic) bond motifs is 1. The molecule has 0 aliphatic carbocycles. The molecule has 1 fully saturated rings. The van der Waals surface area contributed by atoms with Gasteiger partial charge in [0, 0.05) is 60.4 Å². The summed E-state index contributed by atoms with van der Waals surface area (Å²) in [6.45, 7) is 6.34. The fourth-order valence-corrected chi connectivity index (χ4v) is 5.13. The molecular weight excluding hydrogens is 419 g/mol. The van der Waals surface area contributed by atoms with Crippen molar-refractivity contribution in [2.45, 2.75) is 25.4 Å². The summed E-state index contributed by atoms with van der Waals surface area (Å²) in [5, 5.41) is 4.44. The van der Waals surface area contributed by atoms with Crippen LogP contribution in [-0.2, 0) is 6.54 Å². The van der Waals surface area contributed by atoms with Gasteiger partial charge in [-0.2, -0.15) is 0 Å². The number of hydrogen-bond acceptors (Lipinski definition) is 3. The first kappa shape index (κ1) is 21.4. The first-order valence-corrected chi connectivity index (χ1v) is 11.1. The first-order chi connectivity index (χ1) is 14.3. The van der Waals surface area contributed by atoms with Crippen molar-refractivity contribution in [3.8, 4) is 0 Å². The molecule has 0 aromatic heterocycles. The average Bonchev–Trinajstić information content (AvgIpc) is 2.68. The van der Waals surface area contributed by atoms with E-state index in [1.165, 1.54) is 11.1 Å². The number of nitrogens with zero attached hydrogens (tertiary/aromatic N) is 3. The molecule has 30 heavy (non-hydrogen) atoms. The second-order valence-electron chi connectivity index (χ2n) is 8.56. The third-order valence-corrected chi connectivity index (χ3v) is 6.70. The van der Waals surface area contributed by atoms with E-state index in [-0.39, 0.29) is 18.0 Å². The fourth-order valence-electron chi connectivity index (χ4n) is 4.57. The fraction of sp³-hybridized carbons (Fsp3) is 0.435. The molecular formula is C23H28Cl2N4O. The van der Waals surface area contributed by atoms with Crippen molar-refractivity contribution in [2.75, 3.05) is 45.6 Å². The molecule has 1 N–H and O–H groups in total. The Morgan fingerprint density at radius 1 is 1.03 bits per heavy atom. The van der Waals surface area contributed by atoms with Gasteiger partial charge in [0.2, 0.25) is 0 Å². The number of nitrogens with one attached hydrogen (secondary N) is 1. The third kappa shape index (κ3) is 4.45. The lowest BCUT2D eigenvalue weighted by molar-refractivity contribution is 0.125. The van der Waals surface area contributed by atoms with Gasteiger partial charge in [0.05, 0.1) is 0 Å². The van der Waals surface area contributed by atoms with Crippen LogP contribution in [0.3, 0.4) is 0 Å². The molecule has 2 atom stereocenters. The number of likely N-dealkylation sites (N-methyl/N-ethyl adjacent to an activating group) is 2. The van der Waals surface area contributed by atoms with Gasteiger partial charge in [-0.1, -0.05) is 35.3 Å². The molecule has 2 amide bonds. The van der Waals surface area contributed by atoms with Crippen LogP contribution in [0.2, 0.25) is 10.0 Å². The highest BCUT2D eigenvalue weighted by Gasteiger charge is 2.28. The van der Waals surface area contributed by atoms with Gasteiger partial charge in [0.15, 0.2) is 0 Å². The van der Waals surface area contributed by atoms with E-state index in [1.54, 1.807) is 0 Å². The largest absolute Gasteiger partial charge is 0.322 e. The Morgan fingerprint density at radius 3 is 2.47 bits per heavy atom. The van der Waals surface area contributed by atoms with Crippen LogP contribution in [0, 0.1) is 0 Å². The summed E-state index contributed by atoms with van der Waals surface area (Å²) in [4.78, 5) is 19.1. The van der Waals surface area contributed by atoms with Gasteiger partial charge in [-0.3, -0.25) is 0 Å². The topological polar surface area (TPSA) is 38.8 Å². The van der Waals surface area contributed by atoms with Crippen molar-refractivity contribution >= 4 is 34.9 Å². The molecule has 2 aromatic carbocycles. The molecule has 2 aromatic rings. The number of benzene rings is 2. The molecule has 0 saturated carbocycles. The molecule has 2 heterocycles. The highest BCUT2D eigenvalue weighted by Crippen LogP contribution is 2.38. The van der Waals surface area contributed by atoms with Crippen LogP contribution in [-0.4, -0.2) is 67.0 Å². The van der Waals surface area contributed by atoms with Gasteiger partial charge in [-0.25, -0.2) is 4.79 Å². The molecule has 7 heteroatoms. The smallest absolute Gasteiger partial charge is 0.319 e. The Kier molecular flexibility index (Phi) is 6.26. The second-order valence-corrected chi connectivity index (χ2v) is 9.41. The van der Waals surface area contributed by atoms with Crippen molar-refractivity contribution in [2.24, 2.45) is 0 Å². The molecule has 1 saturated heterocycles. The molecule has 4 rings (SSSR count). The van der Waals surface area contributed by atoms with Crippen molar-refractivity contribution < 1.29 is 4.79 Å². The van der Waals surface area contributed by atoms with E-state index in [0.717, 1.165) is 49.0 Å². The van der Waals surface area contributed by atoms with Crippen LogP contribution in [0.5, 0.6) is 0 Å². The number of carbonyl (C=O) groups is 1. The quantitative estimate of drug-likeness (QED) is 0.723. The molecule has 2 aliphatic rings. The number of urea groups is 1. The molecule has 5 nitrogen and oxygen atoms in total. The van der Waals surface area contributed by atoms with E-state index in [9.17, 15) is 4.79 Å². The minimum absolute atomic E-state index is 0.0374. The Balaban J connectivity index is 1.51. The third-order valence-electron chi connectivity index (χ3n) is 6.15. The highest BCUT2D eigenvalue weighted by atomic mass is 35.5. The Labute approximate surface area is 188 Å². The number of piperazine rings is 1. The van der Waals surface area contributed by atoms with E-state index < -0.39 is 0 Å². The average molecular weight is 447 g/mol. The molecule has 0 radical (unpaired) electrons. The molecule has 0 bridgehead atoms. The van der Waals surface area contributed by atoms with E-state index in [4.69, 9.17) is 23.2 Å². The van der Waals surface area contributed by atoms with Crippen molar-refractivity contribution in [3.63, 3.8) is 0 Å². The summed E-state index contributed by atoms with van der Waals surface area (Å²) < 4.78 is 0. The first-order valence-electron chi connectivity index (χ1n) is 10.3. The van der Waals surface area contributed by atoms with E-state index in [1.807, 2.05) is 29.2 Å². The summed E-state index contributed by atoms with van der Waals surface area (Å²) in [6, 6.07) is 12.2. The van der Waals surface area contributed by atoms with Crippen molar-refractivity contribution in [1.82, 2.24) is 14.7 Å². The summed E-state index contributed by atoms with van der Waals surface area (Å²) in [5.41, 5.74) is 4.32. The maximum Gasteiger partial charge on any atom is 0.322 e. The minimum Gasteiger partial charge on any atom is -0.319 e. The summed E-state index contributed by atoms with van der Waals surface area (Å²) in [6.07, 6.45) is 0. The van der Waals surface area contributed by atoms with Crippen molar-refractivity contribution in [1.29, 1.82) is 0 Å². The zero-order valence-corrected chi connectivity index (χ0v) is 19.2. The van der Waals surface area contributed by atoms with Crippen LogP contribution in [0.4, 0.5) is 10.5 Å². The van der Waals surface area contributed by atoms with Gasteiger partial charge < -0.3 is 20.0 Å². The second kappa shape index (κ2) is 8.75. The zero-order valence-electron chi connectivity index (χ0n) is 17.7. The maximum atomic E-state index is 12.7. The van der Waals surface area contributed by atoms with Gasteiger partial charge in [-0.05, 0) is 62.0 Å². The summed E-state index contributed by atoms with van der Waals surface area (Å²) in [7, 11) is 4.19.